The first-order valence-corrected chi connectivity index (χ1v) is 17.3. The van der Waals surface area contributed by atoms with Crippen LogP contribution in [0.15, 0.2) is 66.9 Å². The van der Waals surface area contributed by atoms with E-state index in [1.165, 1.54) is 16.5 Å². The Labute approximate surface area is 342 Å². The van der Waals surface area contributed by atoms with Crippen molar-refractivity contribution in [2.45, 2.75) is 6.54 Å². The number of fused-ring (bicyclic) bond motifs is 1. The van der Waals surface area contributed by atoms with Gasteiger partial charge < -0.3 is 0 Å². The molecule has 0 aliphatic carbocycles. The van der Waals surface area contributed by atoms with Gasteiger partial charge in [-0.25, -0.2) is 87.8 Å². The predicted molar refractivity (Wildman–Crippen MR) is 184 cm³/mol. The Bertz CT molecular complexity index is 2620. The zero-order valence-electron chi connectivity index (χ0n) is 30.0. The van der Waals surface area contributed by atoms with E-state index in [2.05, 4.69) is 47.0 Å². The summed E-state index contributed by atoms with van der Waals surface area (Å²) in [5, 5.41) is 1.94. The van der Waals surface area contributed by atoms with E-state index in [0.717, 1.165) is 11.6 Å². The van der Waals surface area contributed by atoms with Crippen molar-refractivity contribution in [3.05, 3.63) is 194 Å². The first kappa shape index (κ1) is 46.2. The number of nitrogens with zero attached hydrogens (tertiary/aromatic N) is 1. The Balaban J connectivity index is 0.000000302. The predicted octanol–water partition coefficient (Wildman–Crippen LogP) is 9.67. The minimum Gasteiger partial charge on any atom is -0.207 e. The van der Waals surface area contributed by atoms with Crippen LogP contribution >= 0.6 is 11.6 Å². The summed E-state index contributed by atoms with van der Waals surface area (Å²) in [5.74, 6) is -71.4. The van der Waals surface area contributed by atoms with Crippen molar-refractivity contribution in [1.29, 1.82) is 0 Å². The highest BCUT2D eigenvalue weighted by Crippen LogP contribution is 2.31. The molecule has 0 saturated carbocycles. The first-order valence-electron chi connectivity index (χ1n) is 16.9. The summed E-state index contributed by atoms with van der Waals surface area (Å²) in [5.41, 5.74) is -11.9. The molecule has 0 aliphatic rings. The standard InChI is InChI=1S/C24BF20.C16H13ClN/c26-5-1(6(27)14(35)21(42)13(5)34)25(2-7(28)15(36)22(43)16(37)8(2)29,3-9(30)17(38)23(44)18(39)10(3)31)4-11(32)19(40)24(45)20(41)12(4)33;17-15-10-14-8-4-5-9-16(14)18(12-15)11-13-6-2-1-3-7-13/h;1-10,12H,11H2/q-1;+1. The second-order valence-electron chi connectivity index (χ2n) is 13.1. The van der Waals surface area contributed by atoms with Crippen molar-refractivity contribution in [1.82, 2.24) is 0 Å². The molecule has 0 spiro atoms. The number of pyridine rings is 1. The Morgan fingerprint density at radius 3 is 0.937 bits per heavy atom. The highest BCUT2D eigenvalue weighted by molar-refractivity contribution is 7.20. The minimum atomic E-state index is -7.22. The van der Waals surface area contributed by atoms with Gasteiger partial charge in [-0.2, -0.15) is 4.57 Å². The lowest BCUT2D eigenvalue weighted by Crippen LogP contribution is -2.81. The molecule has 0 unspecified atom stereocenters. The van der Waals surface area contributed by atoms with Gasteiger partial charge in [0.1, 0.15) is 57.7 Å². The van der Waals surface area contributed by atoms with Crippen LogP contribution in [-0.4, -0.2) is 6.15 Å². The molecule has 0 fully saturated rings. The molecule has 0 radical (unpaired) electrons. The summed E-state index contributed by atoms with van der Waals surface area (Å²) in [7, 11) is 0. The third kappa shape index (κ3) is 7.26. The van der Waals surface area contributed by atoms with E-state index in [4.69, 9.17) is 11.6 Å². The summed E-state index contributed by atoms with van der Waals surface area (Å²) in [6.45, 7) is 0.835. The van der Waals surface area contributed by atoms with E-state index in [1.807, 2.05) is 24.4 Å². The lowest BCUT2D eigenvalue weighted by molar-refractivity contribution is -0.662. The summed E-state index contributed by atoms with van der Waals surface area (Å²) < 4.78 is 296. The Hall–Kier alpha value is -6.32. The van der Waals surface area contributed by atoms with E-state index in [1.54, 1.807) is 0 Å². The van der Waals surface area contributed by atoms with Crippen LogP contribution in [-0.2, 0) is 6.54 Å². The molecule has 7 aromatic rings. The lowest BCUT2D eigenvalue weighted by atomic mass is 9.12. The van der Waals surface area contributed by atoms with Crippen molar-refractivity contribution in [2.75, 3.05) is 0 Å². The van der Waals surface area contributed by atoms with Crippen LogP contribution in [0.2, 0.25) is 5.02 Å². The normalized spacial score (nSPS) is 11.6. The maximum absolute atomic E-state index is 15.4. The van der Waals surface area contributed by atoms with Crippen molar-refractivity contribution in [3.63, 3.8) is 0 Å². The maximum atomic E-state index is 15.4. The maximum Gasteiger partial charge on any atom is 0.212 e. The number of para-hydroxylation sites is 1. The van der Waals surface area contributed by atoms with E-state index in [-0.39, 0.29) is 0 Å². The molecule has 63 heavy (non-hydrogen) atoms. The molecule has 1 heterocycles. The lowest BCUT2D eigenvalue weighted by Gasteiger charge is -2.44. The highest BCUT2D eigenvalue weighted by atomic mass is 35.5. The fraction of sp³-hybridized carbons (Fsp3) is 0.0250. The second-order valence-corrected chi connectivity index (χ2v) is 13.6. The molecule has 0 amide bonds. The molecule has 0 bridgehead atoms. The number of hydrogen-bond acceptors (Lipinski definition) is 0. The molecule has 0 atom stereocenters. The van der Waals surface area contributed by atoms with Gasteiger partial charge in [0.15, 0.2) is 82.5 Å². The van der Waals surface area contributed by atoms with Crippen molar-refractivity contribution in [2.24, 2.45) is 0 Å². The number of aromatic nitrogens is 1. The third-order valence-electron chi connectivity index (χ3n) is 9.72. The molecule has 0 saturated heterocycles. The quantitative estimate of drug-likeness (QED) is 0.0515. The molecule has 1 nitrogen and oxygen atoms in total. The zero-order valence-corrected chi connectivity index (χ0v) is 30.8. The minimum absolute atomic E-state index is 0.768. The third-order valence-corrected chi connectivity index (χ3v) is 9.93. The van der Waals surface area contributed by atoms with E-state index >= 15 is 35.1 Å². The van der Waals surface area contributed by atoms with Gasteiger partial charge in [-0.15, -0.1) is 21.9 Å². The molecule has 1 aromatic heterocycles. The molecule has 6 aromatic carbocycles. The van der Waals surface area contributed by atoms with Crippen molar-refractivity contribution >= 4 is 50.5 Å². The van der Waals surface area contributed by atoms with Gasteiger partial charge in [0, 0.05) is 17.0 Å². The van der Waals surface area contributed by atoms with E-state index in [0.29, 0.717) is 0 Å². The van der Waals surface area contributed by atoms with Crippen LogP contribution in [0, 0.1) is 116 Å². The number of halogens is 21. The second kappa shape index (κ2) is 17.1. The molecule has 328 valence electrons. The van der Waals surface area contributed by atoms with Crippen LogP contribution in [0.1, 0.15) is 5.56 Å². The molecule has 23 heteroatoms. The van der Waals surface area contributed by atoms with Crippen LogP contribution in [0.25, 0.3) is 10.9 Å². The van der Waals surface area contributed by atoms with Gasteiger partial charge in [-0.3, -0.25) is 0 Å². The molecular formula is C40H13BClF20N. The number of hydrogen-bond donors (Lipinski definition) is 0. The molecule has 0 N–H and O–H groups in total. The highest BCUT2D eigenvalue weighted by Gasteiger charge is 2.52. The largest absolute Gasteiger partial charge is 0.212 e. The summed E-state index contributed by atoms with van der Waals surface area (Å²) in [6.07, 6.45) is -5.23. The van der Waals surface area contributed by atoms with Gasteiger partial charge in [0.05, 0.1) is 0 Å². The Morgan fingerprint density at radius 1 is 0.349 bits per heavy atom. The summed E-state index contributed by atoms with van der Waals surface area (Å²) >= 11 is 6.17. The van der Waals surface area contributed by atoms with Gasteiger partial charge in [-0.1, -0.05) is 54.1 Å². The Morgan fingerprint density at radius 2 is 0.619 bits per heavy atom. The molecule has 7 rings (SSSR count). The summed E-state index contributed by atoms with van der Waals surface area (Å²) in [6, 6.07) is 20.7. The average molecular weight is 934 g/mol. The van der Waals surface area contributed by atoms with Crippen LogP contribution in [0.5, 0.6) is 0 Å². The topological polar surface area (TPSA) is 3.88 Å². The van der Waals surface area contributed by atoms with Crippen molar-refractivity contribution in [3.8, 4) is 0 Å². The Kier molecular flexibility index (Phi) is 12.5. The smallest absolute Gasteiger partial charge is 0.207 e. The van der Waals surface area contributed by atoms with Gasteiger partial charge in [0.2, 0.25) is 5.52 Å². The van der Waals surface area contributed by atoms with Gasteiger partial charge in [-0.05, 0) is 12.1 Å². The van der Waals surface area contributed by atoms with Crippen molar-refractivity contribution < 1.29 is 92.4 Å². The zero-order chi connectivity index (χ0) is 46.7. The van der Waals surface area contributed by atoms with Crippen LogP contribution in [0.3, 0.4) is 0 Å². The first-order chi connectivity index (χ1) is 29.5. The fourth-order valence-corrected chi connectivity index (χ4v) is 7.30. The number of rotatable bonds is 6. The monoisotopic (exact) mass is 933 g/mol. The van der Waals surface area contributed by atoms with E-state index in [9.17, 15) is 52.7 Å². The van der Waals surface area contributed by atoms with E-state index < -0.39 is 144 Å². The average Bonchev–Trinajstić information content (AvgIpc) is 3.26. The molecule has 0 aliphatic heterocycles. The SMILES string of the molecule is Clc1cc2ccccc2[n+](Cc2ccccc2)c1.Fc1c(F)c(F)c([B-](c2c(F)c(F)c(F)c(F)c2F)(c2c(F)c(F)c(F)c(F)c2F)c2c(F)c(F)c(F)c(F)c2F)c(F)c1F. The van der Waals surface area contributed by atoms with Gasteiger partial charge in [0.25, 0.3) is 0 Å². The van der Waals surface area contributed by atoms with Crippen LogP contribution < -0.4 is 26.4 Å². The number of benzene rings is 6. The van der Waals surface area contributed by atoms with Crippen LogP contribution in [0.4, 0.5) is 87.8 Å². The fourth-order valence-electron chi connectivity index (χ4n) is 7.06. The summed E-state index contributed by atoms with van der Waals surface area (Å²) in [4.78, 5) is 0. The molecular weight excluding hydrogens is 921 g/mol. The van der Waals surface area contributed by atoms with Gasteiger partial charge >= 0.3 is 0 Å².